The average molecular weight is 311 g/mol. The Morgan fingerprint density at radius 1 is 1.09 bits per heavy atom. The fourth-order valence-corrected chi connectivity index (χ4v) is 3.18. The molecule has 0 bridgehead atoms. The number of hydrogen-bond acceptors (Lipinski definition) is 4. The van der Waals surface area contributed by atoms with Crippen molar-refractivity contribution in [2.75, 3.05) is 13.1 Å². The van der Waals surface area contributed by atoms with Crippen LogP contribution in [-0.2, 0) is 0 Å². The van der Waals surface area contributed by atoms with Crippen LogP contribution in [0.25, 0.3) is 5.69 Å². The van der Waals surface area contributed by atoms with Crippen molar-refractivity contribution in [3.8, 4) is 5.69 Å². The summed E-state index contributed by atoms with van der Waals surface area (Å²) in [5.74, 6) is -0.128. The predicted molar refractivity (Wildman–Crippen MR) is 86.4 cm³/mol. The molecule has 1 saturated heterocycles. The first kappa shape index (κ1) is 14.4. The molecule has 6 nitrogen and oxygen atoms in total. The first-order valence-corrected chi connectivity index (χ1v) is 8.32. The maximum atomic E-state index is 12.3. The molecule has 120 valence electrons. The van der Waals surface area contributed by atoms with Gasteiger partial charge in [-0.25, -0.2) is 4.68 Å². The summed E-state index contributed by atoms with van der Waals surface area (Å²) in [5.41, 5.74) is 1.27. The minimum Gasteiger partial charge on any atom is -0.348 e. The predicted octanol–water partition coefficient (Wildman–Crippen LogP) is 1.62. The van der Waals surface area contributed by atoms with E-state index in [2.05, 4.69) is 20.5 Å². The largest absolute Gasteiger partial charge is 0.348 e. The number of carbonyl (C=O) groups excluding carboxylic acids is 1. The summed E-state index contributed by atoms with van der Waals surface area (Å²) in [7, 11) is 0. The van der Waals surface area contributed by atoms with E-state index in [1.165, 1.54) is 12.8 Å². The minimum absolute atomic E-state index is 0.128. The van der Waals surface area contributed by atoms with E-state index in [4.69, 9.17) is 0 Å². The molecule has 0 spiro atoms. The Balaban J connectivity index is 1.35. The number of likely N-dealkylation sites (tertiary alicyclic amines) is 1. The van der Waals surface area contributed by atoms with E-state index in [1.807, 2.05) is 30.3 Å². The molecule has 1 N–H and O–H groups in total. The smallest absolute Gasteiger partial charge is 0.273 e. The highest BCUT2D eigenvalue weighted by Gasteiger charge is 2.32. The third-order valence-electron chi connectivity index (χ3n) is 4.67. The minimum atomic E-state index is -0.128. The Morgan fingerprint density at radius 3 is 2.52 bits per heavy atom. The Morgan fingerprint density at radius 2 is 1.83 bits per heavy atom. The lowest BCUT2D eigenvalue weighted by molar-refractivity contribution is 0.0904. The molecule has 2 aromatic rings. The molecule has 2 heterocycles. The van der Waals surface area contributed by atoms with Gasteiger partial charge in [0.15, 0.2) is 5.69 Å². The quantitative estimate of drug-likeness (QED) is 0.932. The van der Waals surface area contributed by atoms with E-state index in [0.717, 1.165) is 37.7 Å². The highest BCUT2D eigenvalue weighted by Crippen LogP contribution is 2.29. The van der Waals surface area contributed by atoms with Gasteiger partial charge in [-0.05, 0) is 37.8 Å². The standard InChI is InChI=1S/C17H21N5O/c23-17(18-13-8-10-21(11-9-13)14-6-7-14)16-12-22(20-19-16)15-4-2-1-3-5-15/h1-5,12-14H,6-11H2,(H,18,23). The van der Waals surface area contributed by atoms with Crippen LogP contribution < -0.4 is 5.32 Å². The summed E-state index contributed by atoms with van der Waals surface area (Å²) in [4.78, 5) is 14.9. The number of rotatable bonds is 4. The van der Waals surface area contributed by atoms with Gasteiger partial charge in [0.1, 0.15) is 0 Å². The van der Waals surface area contributed by atoms with Gasteiger partial charge >= 0.3 is 0 Å². The number of hydrogen-bond donors (Lipinski definition) is 1. The lowest BCUT2D eigenvalue weighted by Gasteiger charge is -2.32. The average Bonchev–Trinajstić information content (AvgIpc) is 3.32. The molecule has 2 fully saturated rings. The van der Waals surface area contributed by atoms with Gasteiger partial charge in [0.2, 0.25) is 0 Å². The summed E-state index contributed by atoms with van der Waals surface area (Å²) >= 11 is 0. The highest BCUT2D eigenvalue weighted by molar-refractivity contribution is 5.92. The fraction of sp³-hybridized carbons (Fsp3) is 0.471. The number of aromatic nitrogens is 3. The Labute approximate surface area is 135 Å². The number of amides is 1. The third-order valence-corrected chi connectivity index (χ3v) is 4.67. The van der Waals surface area contributed by atoms with Gasteiger partial charge in [-0.3, -0.25) is 4.79 Å². The summed E-state index contributed by atoms with van der Waals surface area (Å²) in [6.07, 6.45) is 6.42. The number of para-hydroxylation sites is 1. The van der Waals surface area contributed by atoms with E-state index < -0.39 is 0 Å². The van der Waals surface area contributed by atoms with E-state index in [-0.39, 0.29) is 11.9 Å². The van der Waals surface area contributed by atoms with Crippen molar-refractivity contribution < 1.29 is 4.79 Å². The number of benzene rings is 1. The fourth-order valence-electron chi connectivity index (χ4n) is 3.18. The molecule has 1 aliphatic carbocycles. The molecular formula is C17H21N5O. The zero-order valence-corrected chi connectivity index (χ0v) is 13.1. The van der Waals surface area contributed by atoms with Crippen LogP contribution in [0.4, 0.5) is 0 Å². The van der Waals surface area contributed by atoms with Crippen LogP contribution in [0.1, 0.15) is 36.2 Å². The van der Waals surface area contributed by atoms with Crippen molar-refractivity contribution in [3.63, 3.8) is 0 Å². The Hall–Kier alpha value is -2.21. The number of carbonyl (C=O) groups is 1. The Bertz CT molecular complexity index is 671. The Kier molecular flexibility index (Phi) is 3.83. The van der Waals surface area contributed by atoms with Crippen molar-refractivity contribution in [1.82, 2.24) is 25.2 Å². The summed E-state index contributed by atoms with van der Waals surface area (Å²) in [6.45, 7) is 2.18. The topological polar surface area (TPSA) is 63.1 Å². The van der Waals surface area contributed by atoms with Crippen LogP contribution >= 0.6 is 0 Å². The monoisotopic (exact) mass is 311 g/mol. The molecule has 1 aliphatic heterocycles. The van der Waals surface area contributed by atoms with Crippen molar-refractivity contribution in [1.29, 1.82) is 0 Å². The van der Waals surface area contributed by atoms with E-state index in [1.54, 1.807) is 10.9 Å². The third kappa shape index (κ3) is 3.27. The van der Waals surface area contributed by atoms with Crippen molar-refractivity contribution in [2.24, 2.45) is 0 Å². The molecule has 1 aromatic carbocycles. The van der Waals surface area contributed by atoms with Crippen molar-refractivity contribution >= 4 is 5.91 Å². The molecule has 2 aliphatic rings. The lowest BCUT2D eigenvalue weighted by atomic mass is 10.0. The molecule has 23 heavy (non-hydrogen) atoms. The molecule has 1 saturated carbocycles. The van der Waals surface area contributed by atoms with Crippen LogP contribution in [0.3, 0.4) is 0 Å². The second kappa shape index (κ2) is 6.12. The first-order chi connectivity index (χ1) is 11.3. The van der Waals surface area contributed by atoms with Crippen LogP contribution in [-0.4, -0.2) is 51.0 Å². The zero-order chi connectivity index (χ0) is 15.6. The van der Waals surface area contributed by atoms with Gasteiger partial charge in [-0.2, -0.15) is 0 Å². The molecule has 0 atom stereocenters. The van der Waals surface area contributed by atoms with Crippen molar-refractivity contribution in [2.45, 2.75) is 37.8 Å². The molecule has 0 unspecified atom stereocenters. The first-order valence-electron chi connectivity index (χ1n) is 8.32. The van der Waals surface area contributed by atoms with Crippen LogP contribution in [0.5, 0.6) is 0 Å². The normalized spacial score (nSPS) is 19.7. The molecule has 6 heteroatoms. The SMILES string of the molecule is O=C(NC1CCN(C2CC2)CC1)c1cn(-c2ccccc2)nn1. The second-order valence-corrected chi connectivity index (χ2v) is 6.40. The molecule has 4 rings (SSSR count). The van der Waals surface area contributed by atoms with E-state index in [9.17, 15) is 4.79 Å². The summed E-state index contributed by atoms with van der Waals surface area (Å²) in [6, 6.07) is 10.8. The van der Waals surface area contributed by atoms with Gasteiger partial charge in [0.05, 0.1) is 11.9 Å². The molecule has 1 aromatic heterocycles. The second-order valence-electron chi connectivity index (χ2n) is 6.40. The van der Waals surface area contributed by atoms with Gasteiger partial charge in [-0.15, -0.1) is 5.10 Å². The maximum Gasteiger partial charge on any atom is 0.273 e. The zero-order valence-electron chi connectivity index (χ0n) is 13.1. The highest BCUT2D eigenvalue weighted by atomic mass is 16.2. The van der Waals surface area contributed by atoms with Gasteiger partial charge in [0.25, 0.3) is 5.91 Å². The summed E-state index contributed by atoms with van der Waals surface area (Å²) in [5, 5.41) is 11.1. The van der Waals surface area contributed by atoms with Crippen molar-refractivity contribution in [3.05, 3.63) is 42.2 Å². The summed E-state index contributed by atoms with van der Waals surface area (Å²) < 4.78 is 1.63. The molecule has 1 amide bonds. The number of piperidine rings is 1. The van der Waals surface area contributed by atoms with Gasteiger partial charge in [-0.1, -0.05) is 23.4 Å². The van der Waals surface area contributed by atoms with E-state index >= 15 is 0 Å². The van der Waals surface area contributed by atoms with E-state index in [0.29, 0.717) is 5.69 Å². The number of nitrogens with one attached hydrogen (secondary N) is 1. The lowest BCUT2D eigenvalue weighted by Crippen LogP contribution is -2.45. The molecular weight excluding hydrogens is 290 g/mol. The number of nitrogens with zero attached hydrogens (tertiary/aromatic N) is 4. The van der Waals surface area contributed by atoms with Crippen LogP contribution in [0, 0.1) is 0 Å². The van der Waals surface area contributed by atoms with Gasteiger partial charge < -0.3 is 10.2 Å². The maximum absolute atomic E-state index is 12.3. The van der Waals surface area contributed by atoms with Gasteiger partial charge in [0, 0.05) is 25.2 Å². The van der Waals surface area contributed by atoms with Crippen LogP contribution in [0.15, 0.2) is 36.5 Å². The molecule has 0 radical (unpaired) electrons. The van der Waals surface area contributed by atoms with Crippen LogP contribution in [0.2, 0.25) is 0 Å².